The molecule has 1 heterocycles. The normalized spacial score (nSPS) is 15.7. The average Bonchev–Trinajstić information content (AvgIpc) is 2.38. The first kappa shape index (κ1) is 14.6. The first-order valence-electron chi connectivity index (χ1n) is 6.88. The van der Waals surface area contributed by atoms with Crippen LogP contribution in [0.25, 0.3) is 0 Å². The predicted molar refractivity (Wildman–Crippen MR) is 79.1 cm³/mol. The van der Waals surface area contributed by atoms with Crippen LogP contribution in [-0.2, 0) is 11.2 Å². The molecule has 20 heavy (non-hydrogen) atoms. The number of nitro groups is 1. The third-order valence-electron chi connectivity index (χ3n) is 3.35. The van der Waals surface area contributed by atoms with Crippen LogP contribution in [0.2, 0.25) is 0 Å². The van der Waals surface area contributed by atoms with E-state index in [1.165, 1.54) is 0 Å². The summed E-state index contributed by atoms with van der Waals surface area (Å²) < 4.78 is 5.29. The smallest absolute Gasteiger partial charge is 0.294 e. The van der Waals surface area contributed by atoms with E-state index in [4.69, 9.17) is 10.5 Å². The monoisotopic (exact) mass is 279 g/mol. The zero-order valence-corrected chi connectivity index (χ0v) is 12.0. The highest BCUT2D eigenvalue weighted by Crippen LogP contribution is 2.36. The zero-order chi connectivity index (χ0) is 14.7. The van der Waals surface area contributed by atoms with Crippen molar-refractivity contribution in [2.75, 3.05) is 36.9 Å². The van der Waals surface area contributed by atoms with Gasteiger partial charge < -0.3 is 15.4 Å². The maximum atomic E-state index is 11.3. The van der Waals surface area contributed by atoms with Crippen LogP contribution in [0.1, 0.15) is 19.4 Å². The number of anilines is 2. The van der Waals surface area contributed by atoms with Gasteiger partial charge in [-0.3, -0.25) is 10.1 Å². The number of ether oxygens (including phenoxy) is 1. The summed E-state index contributed by atoms with van der Waals surface area (Å²) >= 11 is 0. The Morgan fingerprint density at radius 1 is 1.40 bits per heavy atom. The molecular formula is C14H21N3O3. The fourth-order valence-corrected chi connectivity index (χ4v) is 2.56. The molecule has 0 aliphatic carbocycles. The lowest BCUT2D eigenvalue weighted by atomic mass is 10.0. The minimum absolute atomic E-state index is 0.0996. The molecule has 1 saturated heterocycles. The Morgan fingerprint density at radius 2 is 2.05 bits per heavy atom. The fraction of sp³-hybridized carbons (Fsp3) is 0.571. The number of nitrogen functional groups attached to an aromatic ring is 1. The quantitative estimate of drug-likeness (QED) is 0.519. The van der Waals surface area contributed by atoms with Crippen LogP contribution in [0.5, 0.6) is 0 Å². The number of nitro benzene ring substituents is 1. The van der Waals surface area contributed by atoms with Gasteiger partial charge in [0.1, 0.15) is 5.69 Å². The van der Waals surface area contributed by atoms with Crippen molar-refractivity contribution in [1.82, 2.24) is 0 Å². The number of rotatable bonds is 4. The number of hydrogen-bond acceptors (Lipinski definition) is 5. The predicted octanol–water partition coefficient (Wildman–Crippen LogP) is 2.21. The molecule has 1 aliphatic heterocycles. The summed E-state index contributed by atoms with van der Waals surface area (Å²) in [5.41, 5.74) is 8.11. The van der Waals surface area contributed by atoms with E-state index in [9.17, 15) is 10.1 Å². The summed E-state index contributed by atoms with van der Waals surface area (Å²) in [6.07, 6.45) is 0.786. The zero-order valence-electron chi connectivity index (χ0n) is 12.0. The third kappa shape index (κ3) is 3.19. The van der Waals surface area contributed by atoms with E-state index >= 15 is 0 Å². The van der Waals surface area contributed by atoms with Gasteiger partial charge in [0, 0.05) is 19.2 Å². The summed E-state index contributed by atoms with van der Waals surface area (Å²) in [7, 11) is 0. The lowest BCUT2D eigenvalue weighted by molar-refractivity contribution is -0.384. The van der Waals surface area contributed by atoms with Crippen molar-refractivity contribution in [3.05, 3.63) is 27.8 Å². The molecule has 0 radical (unpaired) electrons. The number of hydrogen-bond donors (Lipinski definition) is 1. The van der Waals surface area contributed by atoms with Crippen LogP contribution in [0, 0.1) is 16.0 Å². The molecular weight excluding hydrogens is 258 g/mol. The van der Waals surface area contributed by atoms with E-state index in [1.54, 1.807) is 6.07 Å². The van der Waals surface area contributed by atoms with Crippen molar-refractivity contribution in [1.29, 1.82) is 0 Å². The van der Waals surface area contributed by atoms with Crippen molar-refractivity contribution in [3.63, 3.8) is 0 Å². The molecule has 0 atom stereocenters. The van der Waals surface area contributed by atoms with Crippen LogP contribution in [0.3, 0.4) is 0 Å². The van der Waals surface area contributed by atoms with E-state index in [0.29, 0.717) is 43.6 Å². The van der Waals surface area contributed by atoms with Gasteiger partial charge in [-0.1, -0.05) is 13.8 Å². The molecule has 6 nitrogen and oxygen atoms in total. The van der Waals surface area contributed by atoms with Gasteiger partial charge in [0.2, 0.25) is 0 Å². The fourth-order valence-electron chi connectivity index (χ4n) is 2.56. The van der Waals surface area contributed by atoms with Crippen LogP contribution >= 0.6 is 0 Å². The molecule has 2 N–H and O–H groups in total. The highest BCUT2D eigenvalue weighted by molar-refractivity contribution is 5.79. The Balaban J connectivity index is 2.41. The van der Waals surface area contributed by atoms with Crippen LogP contribution < -0.4 is 10.6 Å². The average molecular weight is 279 g/mol. The van der Waals surface area contributed by atoms with E-state index in [0.717, 1.165) is 12.0 Å². The molecule has 0 bridgehead atoms. The molecule has 1 aromatic rings. The van der Waals surface area contributed by atoms with Gasteiger partial charge in [-0.05, 0) is 24.0 Å². The molecule has 110 valence electrons. The minimum Gasteiger partial charge on any atom is -0.397 e. The lowest BCUT2D eigenvalue weighted by Crippen LogP contribution is -2.37. The highest BCUT2D eigenvalue weighted by Gasteiger charge is 2.25. The van der Waals surface area contributed by atoms with Gasteiger partial charge in [0.15, 0.2) is 0 Å². The Morgan fingerprint density at radius 3 is 2.60 bits per heavy atom. The van der Waals surface area contributed by atoms with E-state index in [-0.39, 0.29) is 10.6 Å². The highest BCUT2D eigenvalue weighted by atomic mass is 16.6. The van der Waals surface area contributed by atoms with Crippen molar-refractivity contribution in [3.8, 4) is 0 Å². The van der Waals surface area contributed by atoms with Gasteiger partial charge in [-0.2, -0.15) is 0 Å². The molecule has 1 aromatic carbocycles. The molecule has 0 saturated carbocycles. The molecule has 0 unspecified atom stereocenters. The van der Waals surface area contributed by atoms with Crippen LogP contribution in [0.15, 0.2) is 12.1 Å². The van der Waals surface area contributed by atoms with Gasteiger partial charge in [0.05, 0.1) is 23.8 Å². The summed E-state index contributed by atoms with van der Waals surface area (Å²) in [5.74, 6) is 0.434. The lowest BCUT2D eigenvalue weighted by Gasteiger charge is -2.29. The molecule has 1 fully saturated rings. The SMILES string of the molecule is CC(C)Cc1cc(N)c(N2CCOCC2)c([N+](=O)[O-])c1. The largest absolute Gasteiger partial charge is 0.397 e. The topological polar surface area (TPSA) is 81.6 Å². The number of nitrogens with zero attached hydrogens (tertiary/aromatic N) is 2. The van der Waals surface area contributed by atoms with Crippen LogP contribution in [-0.4, -0.2) is 31.2 Å². The molecule has 1 aliphatic rings. The Labute approximate surface area is 118 Å². The van der Waals surface area contributed by atoms with Crippen LogP contribution in [0.4, 0.5) is 17.1 Å². The van der Waals surface area contributed by atoms with Crippen molar-refractivity contribution in [2.45, 2.75) is 20.3 Å². The molecule has 6 heteroatoms. The summed E-state index contributed by atoms with van der Waals surface area (Å²) in [5, 5.41) is 11.3. The summed E-state index contributed by atoms with van der Waals surface area (Å²) in [4.78, 5) is 12.9. The standard InChI is InChI=1S/C14H21N3O3/c1-10(2)7-11-8-12(15)14(13(9-11)17(18)19)16-3-5-20-6-4-16/h8-10H,3-7,15H2,1-2H3. The second-order valence-electron chi connectivity index (χ2n) is 5.51. The number of benzene rings is 1. The summed E-state index contributed by atoms with van der Waals surface area (Å²) in [6.45, 7) is 6.58. The van der Waals surface area contributed by atoms with Crippen molar-refractivity contribution >= 4 is 17.1 Å². The molecule has 0 spiro atoms. The van der Waals surface area contributed by atoms with Gasteiger partial charge in [-0.25, -0.2) is 0 Å². The molecule has 0 aromatic heterocycles. The molecule has 0 amide bonds. The second-order valence-corrected chi connectivity index (χ2v) is 5.51. The number of morpholine rings is 1. The van der Waals surface area contributed by atoms with Gasteiger partial charge in [-0.15, -0.1) is 0 Å². The van der Waals surface area contributed by atoms with E-state index < -0.39 is 0 Å². The Kier molecular flexibility index (Phi) is 4.44. The molecule has 2 rings (SSSR count). The second kappa shape index (κ2) is 6.09. The van der Waals surface area contributed by atoms with Gasteiger partial charge in [0.25, 0.3) is 5.69 Å². The maximum Gasteiger partial charge on any atom is 0.294 e. The summed E-state index contributed by atoms with van der Waals surface area (Å²) in [6, 6.07) is 3.51. The Bertz CT molecular complexity index is 497. The minimum atomic E-state index is -0.342. The van der Waals surface area contributed by atoms with Gasteiger partial charge >= 0.3 is 0 Å². The first-order valence-corrected chi connectivity index (χ1v) is 6.88. The third-order valence-corrected chi connectivity index (χ3v) is 3.35. The first-order chi connectivity index (χ1) is 9.49. The van der Waals surface area contributed by atoms with E-state index in [1.807, 2.05) is 11.0 Å². The maximum absolute atomic E-state index is 11.3. The van der Waals surface area contributed by atoms with Crippen molar-refractivity contribution < 1.29 is 9.66 Å². The van der Waals surface area contributed by atoms with E-state index in [2.05, 4.69) is 13.8 Å². The Hall–Kier alpha value is -1.82. The van der Waals surface area contributed by atoms with Crippen molar-refractivity contribution in [2.24, 2.45) is 5.92 Å². The number of nitrogens with two attached hydrogens (primary N) is 1.